The van der Waals surface area contributed by atoms with E-state index < -0.39 is 47.6 Å². The van der Waals surface area contributed by atoms with Crippen LogP contribution in [0.5, 0.6) is 0 Å². The molecule has 0 spiro atoms. The number of azo groups is 1. The smallest absolute Gasteiger partial charge is 0.397 e. The van der Waals surface area contributed by atoms with Gasteiger partial charge in [0.2, 0.25) is 0 Å². The first-order chi connectivity index (χ1) is 13.7. The van der Waals surface area contributed by atoms with E-state index in [-0.39, 0.29) is 27.0 Å². The van der Waals surface area contributed by atoms with E-state index in [1.54, 1.807) is 0 Å². The Kier molecular flexibility index (Phi) is 7.18. The number of rotatable bonds is 8. The Bertz CT molecular complexity index is 1290. The van der Waals surface area contributed by atoms with Gasteiger partial charge in [0.25, 0.3) is 10.1 Å². The van der Waals surface area contributed by atoms with Gasteiger partial charge in [-0.05, 0) is 36.4 Å². The lowest BCUT2D eigenvalue weighted by atomic mass is 10.3. The summed E-state index contributed by atoms with van der Waals surface area (Å²) in [5.74, 6) is -0.701. The average molecular weight is 500 g/mol. The zero-order valence-corrected chi connectivity index (χ0v) is 17.9. The van der Waals surface area contributed by atoms with Crippen molar-refractivity contribution < 1.29 is 38.5 Å². The Hall–Kier alpha value is -2.14. The van der Waals surface area contributed by atoms with Crippen molar-refractivity contribution in [3.63, 3.8) is 0 Å². The molecule has 0 bridgehead atoms. The van der Waals surface area contributed by atoms with Crippen molar-refractivity contribution in [3.05, 3.63) is 41.4 Å². The zero-order chi connectivity index (χ0) is 22.7. The first-order valence-corrected chi connectivity index (χ1v) is 12.5. The third-order valence-corrected chi connectivity index (χ3v) is 6.78. The second-order valence-corrected chi connectivity index (χ2v) is 10.6. The highest BCUT2D eigenvalue weighted by Crippen LogP contribution is 2.33. The van der Waals surface area contributed by atoms with Gasteiger partial charge in [0.1, 0.15) is 10.6 Å². The number of halogens is 1. The minimum atomic E-state index is -4.75. The van der Waals surface area contributed by atoms with Gasteiger partial charge in [-0.3, -0.25) is 9.11 Å². The van der Waals surface area contributed by atoms with E-state index in [9.17, 15) is 25.3 Å². The molecular weight excluding hydrogens is 486 g/mol. The summed E-state index contributed by atoms with van der Waals surface area (Å²) in [7, 11) is -13.3. The van der Waals surface area contributed by atoms with E-state index >= 15 is 0 Å². The van der Waals surface area contributed by atoms with Crippen LogP contribution in [0.3, 0.4) is 0 Å². The Morgan fingerprint density at radius 1 is 0.967 bits per heavy atom. The van der Waals surface area contributed by atoms with Crippen molar-refractivity contribution in [3.8, 4) is 0 Å². The molecular formula is C14H14ClN3O9S3. The van der Waals surface area contributed by atoms with Crippen LogP contribution in [0.25, 0.3) is 0 Å². The van der Waals surface area contributed by atoms with E-state index in [0.717, 1.165) is 12.1 Å². The highest BCUT2D eigenvalue weighted by Gasteiger charge is 2.18. The van der Waals surface area contributed by atoms with Gasteiger partial charge in [-0.2, -0.15) is 21.9 Å². The van der Waals surface area contributed by atoms with Gasteiger partial charge in [-0.15, -0.1) is 5.11 Å². The first kappa shape index (κ1) is 24.1. The van der Waals surface area contributed by atoms with E-state index in [1.165, 1.54) is 24.3 Å². The summed E-state index contributed by atoms with van der Waals surface area (Å²) in [6.07, 6.45) is 0. The van der Waals surface area contributed by atoms with Gasteiger partial charge in [-0.25, -0.2) is 12.6 Å². The van der Waals surface area contributed by atoms with Crippen molar-refractivity contribution in [2.75, 3.05) is 18.1 Å². The normalized spacial score (nSPS) is 13.0. The summed E-state index contributed by atoms with van der Waals surface area (Å²) in [6, 6.07) is 6.88. The molecule has 0 aromatic heterocycles. The van der Waals surface area contributed by atoms with Gasteiger partial charge in [-0.1, -0.05) is 11.6 Å². The second kappa shape index (κ2) is 8.93. The molecule has 0 aliphatic heterocycles. The molecule has 164 valence electrons. The van der Waals surface area contributed by atoms with Crippen molar-refractivity contribution >= 4 is 59.0 Å². The molecule has 16 heteroatoms. The number of anilines is 1. The van der Waals surface area contributed by atoms with E-state index in [0.29, 0.717) is 0 Å². The van der Waals surface area contributed by atoms with Crippen LogP contribution in [-0.4, -0.2) is 46.7 Å². The molecule has 0 heterocycles. The van der Waals surface area contributed by atoms with Crippen molar-refractivity contribution in [2.45, 2.75) is 9.79 Å². The molecule has 0 unspecified atom stereocenters. The van der Waals surface area contributed by atoms with Crippen LogP contribution in [0.15, 0.2) is 56.4 Å². The number of nitrogens with two attached hydrogens (primary N) is 1. The minimum Gasteiger partial charge on any atom is -0.398 e. The van der Waals surface area contributed by atoms with E-state index in [2.05, 4.69) is 14.4 Å². The third-order valence-electron chi connectivity index (χ3n) is 3.41. The molecule has 0 radical (unpaired) electrons. The molecule has 2 aromatic carbocycles. The SMILES string of the molecule is Nc1cc(Cl)c(N=Nc2ccc(S(=O)(=O)CCOS(=O)(=O)O)cc2)cc1S(=O)(=O)O. The summed E-state index contributed by atoms with van der Waals surface area (Å²) in [6.45, 7) is -0.769. The number of sulfone groups is 1. The van der Waals surface area contributed by atoms with Crippen LogP contribution in [0, 0.1) is 0 Å². The first-order valence-electron chi connectivity index (χ1n) is 7.62. The maximum atomic E-state index is 12.1. The Morgan fingerprint density at radius 3 is 2.10 bits per heavy atom. The summed E-state index contributed by atoms with van der Waals surface area (Å²) >= 11 is 5.92. The standard InChI is InChI=1S/C14H14ClN3O9S3/c15-11-7-12(16)14(29(21,22)23)8-13(11)18-17-9-1-3-10(4-2-9)28(19,20)6-5-27-30(24,25)26/h1-4,7-8H,5-6,16H2,(H,21,22,23)(H,24,25,26). The van der Waals surface area contributed by atoms with Gasteiger partial charge in [0, 0.05) is 0 Å². The zero-order valence-electron chi connectivity index (χ0n) is 14.7. The van der Waals surface area contributed by atoms with Gasteiger partial charge in [0.15, 0.2) is 9.84 Å². The summed E-state index contributed by atoms with van der Waals surface area (Å²) in [5.41, 5.74) is 5.26. The monoisotopic (exact) mass is 499 g/mol. The molecule has 0 atom stereocenters. The molecule has 30 heavy (non-hydrogen) atoms. The molecule has 0 saturated carbocycles. The summed E-state index contributed by atoms with van der Waals surface area (Å²) in [5, 5.41) is 7.52. The lowest BCUT2D eigenvalue weighted by Gasteiger charge is -2.05. The lowest BCUT2D eigenvalue weighted by Crippen LogP contribution is -2.15. The summed E-state index contributed by atoms with van der Waals surface area (Å²) < 4.78 is 89.3. The number of hydrogen-bond acceptors (Lipinski definition) is 10. The Labute approximate surface area is 177 Å². The number of nitrogens with zero attached hydrogens (tertiary/aromatic N) is 2. The molecule has 2 aromatic rings. The molecule has 0 amide bonds. The molecule has 2 rings (SSSR count). The van der Waals surface area contributed by atoms with E-state index in [1.807, 2.05) is 0 Å². The maximum Gasteiger partial charge on any atom is 0.397 e. The summed E-state index contributed by atoms with van der Waals surface area (Å²) in [4.78, 5) is -0.769. The molecule has 0 fully saturated rings. The second-order valence-electron chi connectivity index (χ2n) is 5.58. The molecule has 0 aliphatic carbocycles. The Balaban J connectivity index is 2.21. The van der Waals surface area contributed by atoms with Gasteiger partial charge < -0.3 is 5.73 Å². The van der Waals surface area contributed by atoms with Crippen molar-refractivity contribution in [2.24, 2.45) is 10.2 Å². The highest BCUT2D eigenvalue weighted by atomic mass is 35.5. The van der Waals surface area contributed by atoms with Crippen LogP contribution in [0.4, 0.5) is 17.1 Å². The Morgan fingerprint density at radius 2 is 1.57 bits per heavy atom. The molecule has 4 N–H and O–H groups in total. The van der Waals surface area contributed by atoms with Crippen LogP contribution in [0.1, 0.15) is 0 Å². The quantitative estimate of drug-likeness (QED) is 0.274. The largest absolute Gasteiger partial charge is 0.398 e. The fraction of sp³-hybridized carbons (Fsp3) is 0.143. The van der Waals surface area contributed by atoms with Crippen LogP contribution >= 0.6 is 11.6 Å². The predicted molar refractivity (Wildman–Crippen MR) is 106 cm³/mol. The van der Waals surface area contributed by atoms with E-state index in [4.69, 9.17) is 26.4 Å². The number of benzene rings is 2. The van der Waals surface area contributed by atoms with Gasteiger partial charge in [0.05, 0.1) is 33.7 Å². The fourth-order valence-corrected chi connectivity index (χ4v) is 4.37. The van der Waals surface area contributed by atoms with Gasteiger partial charge >= 0.3 is 10.4 Å². The third kappa shape index (κ3) is 6.69. The predicted octanol–water partition coefficient (Wildman–Crippen LogP) is 2.18. The minimum absolute atomic E-state index is 0.0401. The van der Waals surface area contributed by atoms with Crippen LogP contribution in [0.2, 0.25) is 5.02 Å². The molecule has 0 aliphatic rings. The lowest BCUT2D eigenvalue weighted by molar-refractivity contribution is 0.284. The molecule has 0 saturated heterocycles. The van der Waals surface area contributed by atoms with Crippen molar-refractivity contribution in [1.82, 2.24) is 0 Å². The highest BCUT2D eigenvalue weighted by molar-refractivity contribution is 7.91. The maximum absolute atomic E-state index is 12.1. The average Bonchev–Trinajstić information content (AvgIpc) is 2.59. The van der Waals surface area contributed by atoms with Crippen LogP contribution in [-0.2, 0) is 34.5 Å². The molecule has 12 nitrogen and oxygen atoms in total. The topological polar surface area (TPSA) is 203 Å². The number of hydrogen-bond donors (Lipinski definition) is 3. The van der Waals surface area contributed by atoms with Crippen molar-refractivity contribution in [1.29, 1.82) is 0 Å². The fourth-order valence-electron chi connectivity index (χ4n) is 2.06. The van der Waals surface area contributed by atoms with Crippen LogP contribution < -0.4 is 5.73 Å². The number of nitrogen functional groups attached to an aromatic ring is 1.